The van der Waals surface area contributed by atoms with Crippen molar-refractivity contribution in [3.8, 4) is 0 Å². The molecule has 0 radical (unpaired) electrons. The second-order valence-corrected chi connectivity index (χ2v) is 10.1. The smallest absolute Gasteiger partial charge is 0.282 e. The van der Waals surface area contributed by atoms with Crippen molar-refractivity contribution in [2.24, 2.45) is 0 Å². The molecule has 2 amide bonds. The summed E-state index contributed by atoms with van der Waals surface area (Å²) in [5.41, 5.74) is 5.39. The molecule has 0 unspecified atom stereocenters. The van der Waals surface area contributed by atoms with E-state index in [2.05, 4.69) is 30.6 Å². The first kappa shape index (κ1) is 25.0. The van der Waals surface area contributed by atoms with Gasteiger partial charge in [0.25, 0.3) is 5.91 Å². The van der Waals surface area contributed by atoms with Crippen LogP contribution in [0.5, 0.6) is 0 Å². The third-order valence-electron chi connectivity index (χ3n) is 6.30. The molecular formula is C26H32N6O2S. The minimum atomic E-state index is -0.200. The van der Waals surface area contributed by atoms with Crippen molar-refractivity contribution in [2.75, 3.05) is 38.0 Å². The number of aryl methyl sites for hydroxylation is 2. The summed E-state index contributed by atoms with van der Waals surface area (Å²) < 4.78 is 0. The molecule has 8 nitrogen and oxygen atoms in total. The molecule has 0 spiro atoms. The summed E-state index contributed by atoms with van der Waals surface area (Å²) in [6.45, 7) is 10.9. The molecule has 0 aliphatic carbocycles. The van der Waals surface area contributed by atoms with Crippen LogP contribution in [0.15, 0.2) is 42.5 Å². The first-order valence-electron chi connectivity index (χ1n) is 11.8. The quantitative estimate of drug-likeness (QED) is 0.502. The fraction of sp³-hybridized carbons (Fsp3) is 0.385. The number of nitrogens with one attached hydrogen (secondary N) is 2. The van der Waals surface area contributed by atoms with Gasteiger partial charge in [0.2, 0.25) is 10.9 Å². The number of rotatable bonds is 8. The van der Waals surface area contributed by atoms with E-state index in [1.807, 2.05) is 63.2 Å². The van der Waals surface area contributed by atoms with Crippen molar-refractivity contribution < 1.29 is 9.59 Å². The molecule has 1 aliphatic rings. The Morgan fingerprint density at radius 1 is 0.943 bits per heavy atom. The van der Waals surface area contributed by atoms with E-state index < -0.39 is 0 Å². The molecule has 2 aromatic carbocycles. The van der Waals surface area contributed by atoms with Crippen LogP contribution in [0.1, 0.15) is 37.1 Å². The fourth-order valence-electron chi connectivity index (χ4n) is 3.95. The normalized spacial score (nSPS) is 14.6. The van der Waals surface area contributed by atoms with Gasteiger partial charge < -0.3 is 10.6 Å². The molecule has 1 aromatic heterocycles. The standard InChI is InChI=1S/C26H32N6O2S/c1-18-7-9-21(10-8-18)15-27-25(34)26-30-29-24(35-26)17-32-13-11-31(12-14-32)16-23(33)28-22-6-4-5-19(2)20(22)3/h4-10H,11-17H2,1-3H3,(H,27,34)(H,28,33). The van der Waals surface area contributed by atoms with E-state index in [9.17, 15) is 9.59 Å². The van der Waals surface area contributed by atoms with Crippen molar-refractivity contribution in [2.45, 2.75) is 33.9 Å². The Bertz CT molecular complexity index is 1170. The summed E-state index contributed by atoms with van der Waals surface area (Å²) in [7, 11) is 0. The molecule has 3 aromatic rings. The molecule has 0 saturated carbocycles. The van der Waals surface area contributed by atoms with Gasteiger partial charge in [-0.25, -0.2) is 0 Å². The topological polar surface area (TPSA) is 90.5 Å². The number of anilines is 1. The third-order valence-corrected chi connectivity index (χ3v) is 7.21. The van der Waals surface area contributed by atoms with Gasteiger partial charge in [0.15, 0.2) is 0 Å². The molecule has 2 N–H and O–H groups in total. The van der Waals surface area contributed by atoms with Gasteiger partial charge in [-0.15, -0.1) is 10.2 Å². The van der Waals surface area contributed by atoms with E-state index in [4.69, 9.17) is 0 Å². The minimum Gasteiger partial charge on any atom is -0.346 e. The lowest BCUT2D eigenvalue weighted by atomic mass is 10.1. The average Bonchev–Trinajstić information content (AvgIpc) is 3.31. The van der Waals surface area contributed by atoms with Crippen molar-refractivity contribution >= 4 is 28.8 Å². The molecule has 9 heteroatoms. The van der Waals surface area contributed by atoms with Gasteiger partial charge in [-0.05, 0) is 43.5 Å². The highest BCUT2D eigenvalue weighted by molar-refractivity contribution is 7.13. The predicted octanol–water partition coefficient (Wildman–Crippen LogP) is 3.15. The number of benzene rings is 2. The molecule has 0 atom stereocenters. The molecular weight excluding hydrogens is 460 g/mol. The van der Waals surface area contributed by atoms with E-state index in [-0.39, 0.29) is 11.8 Å². The number of hydrogen-bond donors (Lipinski definition) is 2. The number of aromatic nitrogens is 2. The second-order valence-electron chi connectivity index (χ2n) is 9.02. The molecule has 1 fully saturated rings. The maximum atomic E-state index is 12.5. The Kier molecular flexibility index (Phi) is 8.22. The van der Waals surface area contributed by atoms with Gasteiger partial charge in [-0.2, -0.15) is 0 Å². The van der Waals surface area contributed by atoms with Gasteiger partial charge in [0, 0.05) is 38.4 Å². The number of nitrogens with zero attached hydrogens (tertiary/aromatic N) is 4. The predicted molar refractivity (Wildman–Crippen MR) is 139 cm³/mol. The van der Waals surface area contributed by atoms with Crippen molar-refractivity contribution in [3.63, 3.8) is 0 Å². The lowest BCUT2D eigenvalue weighted by molar-refractivity contribution is -0.117. The molecule has 1 aliphatic heterocycles. The van der Waals surface area contributed by atoms with Crippen LogP contribution < -0.4 is 10.6 Å². The van der Waals surface area contributed by atoms with E-state index in [0.29, 0.717) is 24.6 Å². The first-order chi connectivity index (χ1) is 16.9. The molecule has 2 heterocycles. The summed E-state index contributed by atoms with van der Waals surface area (Å²) in [5.74, 6) is -0.188. The zero-order valence-electron chi connectivity index (χ0n) is 20.5. The van der Waals surface area contributed by atoms with Gasteiger partial charge in [-0.1, -0.05) is 53.3 Å². The number of carbonyl (C=O) groups excluding carboxylic acids is 2. The Labute approximate surface area is 210 Å². The van der Waals surface area contributed by atoms with E-state index in [0.717, 1.165) is 48.0 Å². The van der Waals surface area contributed by atoms with Crippen molar-refractivity contribution in [1.82, 2.24) is 25.3 Å². The molecule has 35 heavy (non-hydrogen) atoms. The van der Waals surface area contributed by atoms with E-state index in [1.54, 1.807) is 0 Å². The van der Waals surface area contributed by atoms with Gasteiger partial charge >= 0.3 is 0 Å². The van der Waals surface area contributed by atoms with Crippen molar-refractivity contribution in [3.05, 3.63) is 74.7 Å². The maximum Gasteiger partial charge on any atom is 0.282 e. The fourth-order valence-corrected chi connectivity index (χ4v) is 4.75. The van der Waals surface area contributed by atoms with Crippen molar-refractivity contribution in [1.29, 1.82) is 0 Å². The van der Waals surface area contributed by atoms with Gasteiger partial charge in [0.05, 0.1) is 13.1 Å². The van der Waals surface area contributed by atoms with Gasteiger partial charge in [0.1, 0.15) is 5.01 Å². The number of hydrogen-bond acceptors (Lipinski definition) is 7. The summed E-state index contributed by atoms with van der Waals surface area (Å²) in [4.78, 5) is 29.4. The number of piperazine rings is 1. The van der Waals surface area contributed by atoms with Gasteiger partial charge in [-0.3, -0.25) is 19.4 Å². The summed E-state index contributed by atoms with van der Waals surface area (Å²) >= 11 is 1.33. The average molecular weight is 493 g/mol. The number of amides is 2. The monoisotopic (exact) mass is 492 g/mol. The Morgan fingerprint density at radius 2 is 1.66 bits per heavy atom. The third kappa shape index (κ3) is 6.94. The van der Waals surface area contributed by atoms with E-state index in [1.165, 1.54) is 22.5 Å². The Morgan fingerprint density at radius 3 is 2.40 bits per heavy atom. The highest BCUT2D eigenvalue weighted by Crippen LogP contribution is 2.18. The van der Waals surface area contributed by atoms with Crippen LogP contribution in [-0.4, -0.2) is 64.5 Å². The van der Waals surface area contributed by atoms with Crippen LogP contribution in [0.25, 0.3) is 0 Å². The molecule has 4 rings (SSSR count). The van der Waals surface area contributed by atoms with E-state index >= 15 is 0 Å². The van der Waals surface area contributed by atoms with Crippen LogP contribution >= 0.6 is 11.3 Å². The maximum absolute atomic E-state index is 12.5. The highest BCUT2D eigenvalue weighted by atomic mass is 32.1. The van der Waals surface area contributed by atoms with Crippen LogP contribution in [-0.2, 0) is 17.9 Å². The number of carbonyl (C=O) groups is 2. The molecule has 0 bridgehead atoms. The van der Waals surface area contributed by atoms with Crippen LogP contribution in [0, 0.1) is 20.8 Å². The lowest BCUT2D eigenvalue weighted by Gasteiger charge is -2.33. The SMILES string of the molecule is Cc1ccc(CNC(=O)c2nnc(CN3CCN(CC(=O)Nc4cccc(C)c4C)CC3)s2)cc1. The highest BCUT2D eigenvalue weighted by Gasteiger charge is 2.21. The lowest BCUT2D eigenvalue weighted by Crippen LogP contribution is -2.48. The molecule has 1 saturated heterocycles. The Balaban J connectivity index is 1.20. The zero-order valence-corrected chi connectivity index (χ0v) is 21.3. The largest absolute Gasteiger partial charge is 0.346 e. The summed E-state index contributed by atoms with van der Waals surface area (Å²) in [5, 5.41) is 15.5. The second kappa shape index (κ2) is 11.5. The van der Waals surface area contributed by atoms with Crippen LogP contribution in [0.4, 0.5) is 5.69 Å². The minimum absolute atomic E-state index is 0.0116. The summed E-state index contributed by atoms with van der Waals surface area (Å²) in [6, 6.07) is 14.0. The first-order valence-corrected chi connectivity index (χ1v) is 12.7. The zero-order chi connectivity index (χ0) is 24.8. The molecule has 184 valence electrons. The summed E-state index contributed by atoms with van der Waals surface area (Å²) in [6.07, 6.45) is 0. The van der Waals surface area contributed by atoms with Crippen LogP contribution in [0.2, 0.25) is 0 Å². The van der Waals surface area contributed by atoms with Crippen LogP contribution in [0.3, 0.4) is 0 Å². The Hall–Kier alpha value is -3.14.